The van der Waals surface area contributed by atoms with Gasteiger partial charge < -0.3 is 9.64 Å². The highest BCUT2D eigenvalue weighted by molar-refractivity contribution is 7.99. The van der Waals surface area contributed by atoms with Crippen LogP contribution in [-0.2, 0) is 0 Å². The van der Waals surface area contributed by atoms with Crippen LogP contribution in [0.4, 0.5) is 24.5 Å². The molecule has 4 rings (SSSR count). The van der Waals surface area contributed by atoms with Crippen LogP contribution in [-0.4, -0.2) is 13.4 Å². The Morgan fingerprint density at radius 1 is 0.865 bits per heavy atom. The zero-order valence-electron chi connectivity index (χ0n) is 19.9. The lowest BCUT2D eigenvalue weighted by Crippen LogP contribution is -2.17. The Hall–Kier alpha value is -3.61. The number of hydrogen-bond donors (Lipinski definition) is 0. The summed E-state index contributed by atoms with van der Waals surface area (Å²) in [6.45, 7) is 8.17. The number of hydrogen-bond acceptors (Lipinski definition) is 3. The van der Waals surface area contributed by atoms with Crippen LogP contribution in [0.1, 0.15) is 16.7 Å². The van der Waals surface area contributed by atoms with Gasteiger partial charge in [-0.3, -0.25) is 0 Å². The Bertz CT molecular complexity index is 1420. The van der Waals surface area contributed by atoms with Gasteiger partial charge in [-0.1, -0.05) is 60.8 Å². The molecule has 188 valence electrons. The molecule has 7 heteroatoms. The molecule has 0 saturated carbocycles. The first kappa shape index (κ1) is 26.5. The summed E-state index contributed by atoms with van der Waals surface area (Å²) in [5.74, 6) is -0.259. The van der Waals surface area contributed by atoms with Gasteiger partial charge in [0, 0.05) is 33.2 Å². The maximum Gasteiger partial charge on any atom is 0.573 e. The number of anilines is 2. The summed E-state index contributed by atoms with van der Waals surface area (Å²) in [7, 11) is 1.98. The van der Waals surface area contributed by atoms with E-state index in [1.165, 1.54) is 30.0 Å². The summed E-state index contributed by atoms with van der Waals surface area (Å²) in [6.07, 6.45) is -3.01. The molecule has 0 heterocycles. The average Bonchev–Trinajstić information content (AvgIpc) is 2.87. The van der Waals surface area contributed by atoms with E-state index in [9.17, 15) is 13.2 Å². The summed E-state index contributed by atoms with van der Waals surface area (Å²) in [6, 6.07) is 27.5. The topological polar surface area (TPSA) is 12.5 Å². The molecule has 0 unspecified atom stereocenters. The molecule has 0 aromatic heterocycles. The van der Waals surface area contributed by atoms with Crippen LogP contribution in [0.15, 0.2) is 114 Å². The minimum atomic E-state index is -4.74. The van der Waals surface area contributed by atoms with E-state index in [0.717, 1.165) is 38.5 Å². The molecular weight excluding hydrogens is 515 g/mol. The lowest BCUT2D eigenvalue weighted by atomic mass is 9.97. The first-order chi connectivity index (χ1) is 17.6. The molecule has 0 N–H and O–H groups in total. The monoisotopic (exact) mass is 537 g/mol. The summed E-state index contributed by atoms with van der Waals surface area (Å²) in [4.78, 5) is 3.53. The van der Waals surface area contributed by atoms with Gasteiger partial charge in [0.05, 0.1) is 0 Å². The lowest BCUT2D eigenvalue weighted by molar-refractivity contribution is -0.274. The van der Waals surface area contributed by atoms with Crippen LogP contribution in [0.2, 0.25) is 5.02 Å². The second-order valence-corrected chi connectivity index (χ2v) is 9.76. The average molecular weight is 538 g/mol. The molecule has 0 radical (unpaired) electrons. The number of halogens is 4. The highest BCUT2D eigenvalue weighted by Gasteiger charge is 2.31. The van der Waals surface area contributed by atoms with E-state index in [1.54, 1.807) is 12.1 Å². The lowest BCUT2D eigenvalue weighted by Gasteiger charge is -2.20. The van der Waals surface area contributed by atoms with Crippen LogP contribution in [0.3, 0.4) is 0 Å². The maximum atomic E-state index is 12.6. The second kappa shape index (κ2) is 11.2. The highest BCUT2D eigenvalue weighted by atomic mass is 35.5. The molecule has 0 amide bonds. The van der Waals surface area contributed by atoms with Crippen molar-refractivity contribution < 1.29 is 17.9 Å². The zero-order chi connectivity index (χ0) is 26.6. The smallest absolute Gasteiger partial charge is 0.406 e. The largest absolute Gasteiger partial charge is 0.573 e. The Kier molecular flexibility index (Phi) is 8.00. The third-order valence-electron chi connectivity index (χ3n) is 5.60. The van der Waals surface area contributed by atoms with Crippen molar-refractivity contribution in [2.75, 3.05) is 11.9 Å². The van der Waals surface area contributed by atoms with Crippen LogP contribution in [0.5, 0.6) is 5.75 Å². The van der Waals surface area contributed by atoms with Gasteiger partial charge in [0.25, 0.3) is 0 Å². The summed E-state index contributed by atoms with van der Waals surface area (Å²) in [5, 5.41) is 0.686. The number of nitrogens with zero attached hydrogens (tertiary/aromatic N) is 1. The standard InChI is InChI=1S/C30H23ClF3NOS/c1-4-21-16-23(18-29(17-21)37-28-7-5-6-27(19-28)36-30(32,33)34)20(2)22-8-12-25(13-9-22)35(3)26-14-10-24(31)11-15-26/h4-19H,1-2H2,3H3. The fourth-order valence-electron chi connectivity index (χ4n) is 3.71. The first-order valence-corrected chi connectivity index (χ1v) is 12.4. The van der Waals surface area contributed by atoms with Gasteiger partial charge >= 0.3 is 6.36 Å². The van der Waals surface area contributed by atoms with Crippen molar-refractivity contribution in [2.45, 2.75) is 16.2 Å². The van der Waals surface area contributed by atoms with E-state index in [2.05, 4.69) is 22.8 Å². The van der Waals surface area contributed by atoms with Crippen molar-refractivity contribution in [3.05, 3.63) is 126 Å². The fourth-order valence-corrected chi connectivity index (χ4v) is 4.81. The summed E-state index contributed by atoms with van der Waals surface area (Å²) < 4.78 is 41.9. The summed E-state index contributed by atoms with van der Waals surface area (Å²) >= 11 is 7.34. The van der Waals surface area contributed by atoms with Crippen molar-refractivity contribution in [3.8, 4) is 5.75 Å². The minimum absolute atomic E-state index is 0.259. The van der Waals surface area contributed by atoms with Crippen molar-refractivity contribution in [2.24, 2.45) is 0 Å². The Balaban J connectivity index is 1.55. The predicted octanol–water partition coefficient (Wildman–Crippen LogP) is 9.86. The Labute approximate surface area is 223 Å². The molecular formula is C30H23ClF3NOS. The third-order valence-corrected chi connectivity index (χ3v) is 6.82. The SMILES string of the molecule is C=Cc1cc(Sc2cccc(OC(F)(F)F)c2)cc(C(=C)c2ccc(N(C)c3ccc(Cl)cc3)cc2)c1. The van der Waals surface area contributed by atoms with Gasteiger partial charge in [-0.2, -0.15) is 0 Å². The maximum absolute atomic E-state index is 12.6. The van der Waals surface area contributed by atoms with E-state index in [0.29, 0.717) is 9.92 Å². The van der Waals surface area contributed by atoms with Gasteiger partial charge in [0.2, 0.25) is 0 Å². The molecule has 0 atom stereocenters. The molecule has 0 aliphatic rings. The highest BCUT2D eigenvalue weighted by Crippen LogP contribution is 2.35. The number of ether oxygens (including phenoxy) is 1. The van der Waals surface area contributed by atoms with Crippen molar-refractivity contribution >= 4 is 46.4 Å². The number of benzene rings is 4. The van der Waals surface area contributed by atoms with E-state index in [1.807, 2.05) is 73.8 Å². The quantitative estimate of drug-likeness (QED) is 0.222. The van der Waals surface area contributed by atoms with Gasteiger partial charge in [-0.15, -0.1) is 13.2 Å². The van der Waals surface area contributed by atoms with Crippen LogP contribution in [0, 0.1) is 0 Å². The molecule has 4 aromatic carbocycles. The van der Waals surface area contributed by atoms with E-state index < -0.39 is 6.36 Å². The molecule has 0 bridgehead atoms. The Morgan fingerprint density at radius 2 is 1.51 bits per heavy atom. The normalized spacial score (nSPS) is 11.2. The van der Waals surface area contributed by atoms with Crippen molar-refractivity contribution in [3.63, 3.8) is 0 Å². The second-order valence-electron chi connectivity index (χ2n) is 8.18. The molecule has 0 aliphatic carbocycles. The number of rotatable bonds is 8. The molecule has 0 spiro atoms. The van der Waals surface area contributed by atoms with Gasteiger partial charge in [0.1, 0.15) is 5.75 Å². The Morgan fingerprint density at radius 3 is 2.14 bits per heavy atom. The molecule has 4 aromatic rings. The van der Waals surface area contributed by atoms with E-state index in [-0.39, 0.29) is 5.75 Å². The van der Waals surface area contributed by atoms with Crippen molar-refractivity contribution in [1.29, 1.82) is 0 Å². The summed E-state index contributed by atoms with van der Waals surface area (Å²) in [5.41, 5.74) is 5.56. The van der Waals surface area contributed by atoms with Crippen molar-refractivity contribution in [1.82, 2.24) is 0 Å². The predicted molar refractivity (Wildman–Crippen MR) is 148 cm³/mol. The van der Waals surface area contributed by atoms with Crippen LogP contribution < -0.4 is 9.64 Å². The van der Waals surface area contributed by atoms with E-state index in [4.69, 9.17) is 11.6 Å². The molecule has 37 heavy (non-hydrogen) atoms. The van der Waals surface area contributed by atoms with Gasteiger partial charge in [0.15, 0.2) is 0 Å². The van der Waals surface area contributed by atoms with Gasteiger partial charge in [-0.25, -0.2) is 0 Å². The minimum Gasteiger partial charge on any atom is -0.406 e. The molecule has 0 aliphatic heterocycles. The zero-order valence-corrected chi connectivity index (χ0v) is 21.5. The van der Waals surface area contributed by atoms with Crippen LogP contribution in [0.25, 0.3) is 11.6 Å². The molecule has 0 fully saturated rings. The fraction of sp³-hybridized carbons (Fsp3) is 0.0667. The molecule has 0 saturated heterocycles. The molecule has 2 nitrogen and oxygen atoms in total. The number of alkyl halides is 3. The first-order valence-electron chi connectivity index (χ1n) is 11.2. The van der Waals surface area contributed by atoms with E-state index >= 15 is 0 Å². The third kappa shape index (κ3) is 7.00. The van der Waals surface area contributed by atoms with Gasteiger partial charge in [-0.05, 0) is 95.1 Å². The van der Waals surface area contributed by atoms with Crippen LogP contribution >= 0.6 is 23.4 Å².